The van der Waals surface area contributed by atoms with Crippen LogP contribution < -0.4 is 14.4 Å². The van der Waals surface area contributed by atoms with Crippen molar-refractivity contribution < 1.29 is 30.7 Å². The molecule has 0 saturated carbocycles. The van der Waals surface area contributed by atoms with Crippen molar-refractivity contribution in [2.75, 3.05) is 37.0 Å². The number of ether oxygens (including phenoxy) is 1. The van der Waals surface area contributed by atoms with E-state index < -0.39 is 33.7 Å². The van der Waals surface area contributed by atoms with Crippen LogP contribution in [0.3, 0.4) is 0 Å². The maximum absolute atomic E-state index is 14.5. The molecule has 13 heteroatoms. The van der Waals surface area contributed by atoms with Crippen molar-refractivity contribution >= 4 is 22.8 Å². The number of nitriles is 1. The molecular formula is C18H17F4N5O3S. The van der Waals surface area contributed by atoms with Gasteiger partial charge in [-0.1, -0.05) is 0 Å². The molecule has 2 atom stereocenters. The van der Waals surface area contributed by atoms with E-state index in [4.69, 9.17) is 10.00 Å². The highest BCUT2D eigenvalue weighted by molar-refractivity contribution is 7.81. The van der Waals surface area contributed by atoms with Gasteiger partial charge in [-0.2, -0.15) is 23.4 Å². The zero-order chi connectivity index (χ0) is 22.8. The molecule has 1 aromatic heterocycles. The van der Waals surface area contributed by atoms with E-state index >= 15 is 0 Å². The van der Waals surface area contributed by atoms with Gasteiger partial charge in [0.15, 0.2) is 5.75 Å². The van der Waals surface area contributed by atoms with Crippen LogP contribution in [-0.4, -0.2) is 52.5 Å². The van der Waals surface area contributed by atoms with Crippen LogP contribution >= 0.6 is 0 Å². The number of aromatic nitrogens is 2. The number of morpholine rings is 1. The van der Waals surface area contributed by atoms with Gasteiger partial charge in [0.25, 0.3) is 0 Å². The largest absolute Gasteiger partial charge is 0.508 e. The third-order valence-corrected chi connectivity index (χ3v) is 5.12. The number of hydrogen-bond donors (Lipinski definition) is 1. The molecule has 0 radical (unpaired) electrons. The highest BCUT2D eigenvalue weighted by Gasteiger charge is 2.40. The Labute approximate surface area is 177 Å². The van der Waals surface area contributed by atoms with E-state index in [1.54, 1.807) is 7.05 Å². The third-order valence-electron chi connectivity index (χ3n) is 4.41. The van der Waals surface area contributed by atoms with Gasteiger partial charge in [-0.15, -0.1) is 0 Å². The van der Waals surface area contributed by atoms with Crippen LogP contribution in [0, 0.1) is 17.1 Å². The van der Waals surface area contributed by atoms with Crippen molar-refractivity contribution in [1.82, 2.24) is 9.97 Å². The van der Waals surface area contributed by atoms with Crippen molar-refractivity contribution in [2.24, 2.45) is 0 Å². The summed E-state index contributed by atoms with van der Waals surface area (Å²) in [5.74, 6) is -1.26. The van der Waals surface area contributed by atoms with Gasteiger partial charge in [-0.3, -0.25) is 0 Å². The van der Waals surface area contributed by atoms with Crippen LogP contribution in [0.2, 0.25) is 0 Å². The molecule has 2 heterocycles. The van der Waals surface area contributed by atoms with Gasteiger partial charge in [0.2, 0.25) is 5.95 Å². The van der Waals surface area contributed by atoms with Crippen LogP contribution in [-0.2, 0) is 15.8 Å². The summed E-state index contributed by atoms with van der Waals surface area (Å²) in [6.45, 7) is 3.42. The number of nitrogens with one attached hydrogen (secondary N) is 1. The number of benzene rings is 1. The second kappa shape index (κ2) is 9.03. The minimum absolute atomic E-state index is 0.00740. The number of nitrogens with zero attached hydrogens (tertiary/aromatic N) is 4. The summed E-state index contributed by atoms with van der Waals surface area (Å²) in [5, 5.41) is 11.9. The highest BCUT2D eigenvalue weighted by Crippen LogP contribution is 2.33. The molecule has 1 aliphatic rings. The maximum Gasteiger partial charge on any atom is 0.508 e. The molecule has 8 nitrogen and oxygen atoms in total. The number of rotatable bonds is 5. The zero-order valence-corrected chi connectivity index (χ0v) is 17.2. The maximum atomic E-state index is 14.5. The van der Waals surface area contributed by atoms with Gasteiger partial charge >= 0.3 is 16.6 Å². The molecule has 2 aromatic rings. The standard InChI is InChI=1S/C18H17F4N5O3S/c1-10-9-29-4-3-27(10)16-7-14(25-17(24-2)26-16)11-5-13(19)12(8-23)15(6-11)30-31(28)18(20,21)22/h5-7,10H,3-4,9H2,1-2H3,(H,24,25,26). The van der Waals surface area contributed by atoms with Crippen molar-refractivity contribution in [2.45, 2.75) is 18.5 Å². The van der Waals surface area contributed by atoms with Crippen molar-refractivity contribution in [1.29, 1.82) is 5.26 Å². The quantitative estimate of drug-likeness (QED) is 0.682. The first kappa shape index (κ1) is 22.7. The van der Waals surface area contributed by atoms with Crippen LogP contribution in [0.5, 0.6) is 5.75 Å². The fraction of sp³-hybridized carbons (Fsp3) is 0.389. The monoisotopic (exact) mass is 459 g/mol. The molecule has 0 amide bonds. The Balaban J connectivity index is 2.08. The molecule has 2 unspecified atom stereocenters. The number of halogens is 4. The minimum Gasteiger partial charge on any atom is -0.393 e. The van der Waals surface area contributed by atoms with Crippen LogP contribution in [0.15, 0.2) is 18.2 Å². The van der Waals surface area contributed by atoms with Gasteiger partial charge < -0.3 is 19.1 Å². The Hall–Kier alpha value is -2.98. The lowest BCUT2D eigenvalue weighted by molar-refractivity contribution is -0.0437. The molecule has 1 aliphatic heterocycles. The van der Waals surface area contributed by atoms with Crippen LogP contribution in [0.4, 0.5) is 29.3 Å². The lowest BCUT2D eigenvalue weighted by atomic mass is 10.1. The van der Waals surface area contributed by atoms with Crippen LogP contribution in [0.1, 0.15) is 12.5 Å². The molecule has 166 valence electrons. The average Bonchev–Trinajstić information content (AvgIpc) is 2.72. The Morgan fingerprint density at radius 1 is 1.35 bits per heavy atom. The number of alkyl halides is 3. The molecule has 3 rings (SSSR count). The molecule has 1 fully saturated rings. The average molecular weight is 459 g/mol. The fourth-order valence-electron chi connectivity index (χ4n) is 2.94. The Morgan fingerprint density at radius 3 is 2.71 bits per heavy atom. The van der Waals surface area contributed by atoms with E-state index in [0.717, 1.165) is 12.1 Å². The predicted molar refractivity (Wildman–Crippen MR) is 104 cm³/mol. The Bertz CT molecular complexity index is 1040. The number of hydrogen-bond acceptors (Lipinski definition) is 8. The lowest BCUT2D eigenvalue weighted by Crippen LogP contribution is -2.44. The second-order valence-corrected chi connectivity index (χ2v) is 7.61. The lowest BCUT2D eigenvalue weighted by Gasteiger charge is -2.34. The van der Waals surface area contributed by atoms with Crippen molar-refractivity contribution in [3.63, 3.8) is 0 Å². The topological polar surface area (TPSA) is 100 Å². The smallest absolute Gasteiger partial charge is 0.393 e. The van der Waals surface area contributed by atoms with E-state index in [2.05, 4.69) is 19.5 Å². The molecule has 1 saturated heterocycles. The molecule has 0 aliphatic carbocycles. The van der Waals surface area contributed by atoms with Gasteiger partial charge in [0.1, 0.15) is 23.3 Å². The summed E-state index contributed by atoms with van der Waals surface area (Å²) >= 11 is -3.78. The highest BCUT2D eigenvalue weighted by atomic mass is 32.2. The van der Waals surface area contributed by atoms with E-state index in [0.29, 0.717) is 25.6 Å². The Kier molecular flexibility index (Phi) is 6.61. The van der Waals surface area contributed by atoms with Gasteiger partial charge in [0, 0.05) is 25.2 Å². The summed E-state index contributed by atoms with van der Waals surface area (Å²) in [5.41, 5.74) is -5.82. The van der Waals surface area contributed by atoms with Gasteiger partial charge in [-0.05, 0) is 19.1 Å². The third kappa shape index (κ3) is 5.02. The zero-order valence-electron chi connectivity index (χ0n) is 16.4. The Morgan fingerprint density at radius 2 is 2.10 bits per heavy atom. The summed E-state index contributed by atoms with van der Waals surface area (Å²) in [6.07, 6.45) is 0. The molecule has 1 aromatic carbocycles. The minimum atomic E-state index is -5.20. The van der Waals surface area contributed by atoms with Crippen molar-refractivity contribution in [3.8, 4) is 23.1 Å². The van der Waals surface area contributed by atoms with E-state index in [1.807, 2.05) is 11.8 Å². The van der Waals surface area contributed by atoms with Gasteiger partial charge in [0.05, 0.1) is 24.9 Å². The summed E-state index contributed by atoms with van der Waals surface area (Å²) in [4.78, 5) is 10.6. The second-order valence-electron chi connectivity index (χ2n) is 6.51. The van der Waals surface area contributed by atoms with E-state index in [-0.39, 0.29) is 23.2 Å². The van der Waals surface area contributed by atoms with Gasteiger partial charge in [-0.25, -0.2) is 13.6 Å². The summed E-state index contributed by atoms with van der Waals surface area (Å²) in [7, 11) is 1.58. The predicted octanol–water partition coefficient (Wildman–Crippen LogP) is 2.98. The van der Waals surface area contributed by atoms with E-state index in [9.17, 15) is 21.8 Å². The first-order valence-corrected chi connectivity index (χ1v) is 10.0. The molecule has 0 spiro atoms. The van der Waals surface area contributed by atoms with Crippen molar-refractivity contribution in [3.05, 3.63) is 29.6 Å². The first-order chi connectivity index (χ1) is 14.6. The number of anilines is 2. The normalized spacial score (nSPS) is 17.7. The molecule has 31 heavy (non-hydrogen) atoms. The van der Waals surface area contributed by atoms with E-state index in [1.165, 1.54) is 12.1 Å². The van der Waals surface area contributed by atoms with Crippen LogP contribution in [0.25, 0.3) is 11.3 Å². The molecule has 0 bridgehead atoms. The SMILES string of the molecule is CNc1nc(-c2cc(F)c(C#N)c(OS(=O)C(F)(F)F)c2)cc(N2CCOCC2C)n1. The fourth-order valence-corrected chi connectivity index (χ4v) is 3.33. The first-order valence-electron chi connectivity index (χ1n) is 8.96. The molecular weight excluding hydrogens is 442 g/mol. The molecule has 1 N–H and O–H groups in total. The summed E-state index contributed by atoms with van der Waals surface area (Å²) in [6, 6.07) is 4.88. The summed E-state index contributed by atoms with van der Waals surface area (Å²) < 4.78 is 73.5.